The molecule has 1 unspecified atom stereocenters. The molecule has 0 saturated carbocycles. The minimum absolute atomic E-state index is 0.0940. The molecule has 0 aliphatic heterocycles. The molecule has 0 aliphatic rings. The highest BCUT2D eigenvalue weighted by Crippen LogP contribution is 2.42. The molecule has 0 amide bonds. The second-order valence-corrected chi connectivity index (χ2v) is 17.3. The Morgan fingerprint density at radius 2 is 0.962 bits per heavy atom. The Kier molecular flexibility index (Phi) is 11.3. The molecule has 0 radical (unpaired) electrons. The Morgan fingerprint density at radius 3 is 1.40 bits per heavy atom. The molecule has 0 aromatic heterocycles. The summed E-state index contributed by atoms with van der Waals surface area (Å²) in [5, 5.41) is 0. The highest BCUT2D eigenvalue weighted by atomic mass is 32.2. The third-order valence-electron chi connectivity index (χ3n) is 9.79. The molecular weight excluding hydrogens is 705 g/mol. The predicted molar refractivity (Wildman–Crippen MR) is 216 cm³/mol. The summed E-state index contributed by atoms with van der Waals surface area (Å²) in [6.07, 6.45) is 0. The third kappa shape index (κ3) is 8.06. The van der Waals surface area contributed by atoms with Crippen LogP contribution in [0.3, 0.4) is 0 Å². The minimum atomic E-state index is -4.56. The lowest BCUT2D eigenvalue weighted by Gasteiger charge is -2.33. The van der Waals surface area contributed by atoms with Crippen molar-refractivity contribution in [3.05, 3.63) is 141 Å². The van der Waals surface area contributed by atoms with E-state index >= 15 is 0 Å². The minimum Gasteiger partial charge on any atom is -0.338 e. The molecule has 53 heavy (non-hydrogen) atoms. The molecule has 5 aromatic carbocycles. The highest BCUT2D eigenvalue weighted by molar-refractivity contribution is 7.86. The van der Waals surface area contributed by atoms with E-state index in [9.17, 15) is 25.9 Å². The van der Waals surface area contributed by atoms with Crippen LogP contribution in [0.25, 0.3) is 0 Å². The molecule has 2 N–H and O–H groups in total. The molecule has 10 heteroatoms. The number of nitrogens with zero attached hydrogens (tertiary/aromatic N) is 2. The smallest absolute Gasteiger partial charge is 0.295 e. The van der Waals surface area contributed by atoms with Gasteiger partial charge in [0.1, 0.15) is 4.90 Å². The molecule has 0 spiro atoms. The first-order valence-electron chi connectivity index (χ1n) is 17.7. The maximum Gasteiger partial charge on any atom is 0.295 e. The standard InChI is InChI=1S/C43H50N2O6S2/c1-26(2)44(41-29(6)23-28(5)24-30(41)7)36-19-15-34(16-20-36)40(38-13-11-12-14-39(38)52(46,47)48)35-17-21-37(22-18-35)45(27(3)4)42-31(8)25-32(9)43(33(42)10)53(49,50)51/h11-27,40H,1-10H3,(H,46,47,48)(H,49,50,51). The first-order chi connectivity index (χ1) is 24.7. The maximum atomic E-state index is 12.7. The third-order valence-corrected chi connectivity index (χ3v) is 11.9. The predicted octanol–water partition coefficient (Wildman–Crippen LogP) is 10.3. The SMILES string of the molecule is Cc1cc(C)c(N(c2ccc(C(c3ccc(N(c4c(C)cc(C)c(S(=O)(=O)O)c4C)C(C)C)cc3)c3ccccc3S(=O)(=O)O)cc2)C(C)C)c(C)c1. The van der Waals surface area contributed by atoms with Gasteiger partial charge in [-0.15, -0.1) is 0 Å². The highest BCUT2D eigenvalue weighted by Gasteiger charge is 2.28. The van der Waals surface area contributed by atoms with Crippen molar-refractivity contribution < 1.29 is 25.9 Å². The Balaban J connectivity index is 1.66. The Hall–Kier alpha value is -4.48. The number of aryl methyl sites for hydroxylation is 5. The molecule has 5 rings (SSSR count). The molecule has 1 atom stereocenters. The van der Waals surface area contributed by atoms with Crippen molar-refractivity contribution in [2.24, 2.45) is 0 Å². The first-order valence-corrected chi connectivity index (χ1v) is 20.6. The quantitative estimate of drug-likeness (QED) is 0.101. The molecule has 0 fully saturated rings. The van der Waals surface area contributed by atoms with Crippen LogP contribution in [0.1, 0.15) is 83.7 Å². The zero-order valence-electron chi connectivity index (χ0n) is 32.1. The average molecular weight is 755 g/mol. The van der Waals surface area contributed by atoms with Crippen LogP contribution in [0.15, 0.2) is 101 Å². The van der Waals surface area contributed by atoms with Gasteiger partial charge in [0.05, 0.1) is 4.90 Å². The molecule has 5 aromatic rings. The lowest BCUT2D eigenvalue weighted by atomic mass is 9.84. The summed E-state index contributed by atoms with van der Waals surface area (Å²) in [6.45, 7) is 20.0. The number of rotatable bonds is 11. The summed E-state index contributed by atoms with van der Waals surface area (Å²) in [6, 6.07) is 28.6. The summed E-state index contributed by atoms with van der Waals surface area (Å²) in [4.78, 5) is 4.08. The second kappa shape index (κ2) is 15.1. The van der Waals surface area contributed by atoms with Crippen molar-refractivity contribution in [3.63, 3.8) is 0 Å². The van der Waals surface area contributed by atoms with E-state index in [1.54, 1.807) is 38.1 Å². The number of hydrogen-bond acceptors (Lipinski definition) is 6. The maximum absolute atomic E-state index is 12.7. The van der Waals surface area contributed by atoms with Gasteiger partial charge >= 0.3 is 0 Å². The zero-order chi connectivity index (χ0) is 39.2. The Bertz CT molecular complexity index is 2340. The van der Waals surface area contributed by atoms with Crippen LogP contribution in [0, 0.1) is 41.5 Å². The van der Waals surface area contributed by atoms with E-state index in [-0.39, 0.29) is 21.9 Å². The first kappa shape index (κ1) is 39.7. The summed E-state index contributed by atoms with van der Waals surface area (Å²) < 4.78 is 70.8. The van der Waals surface area contributed by atoms with E-state index in [0.717, 1.165) is 33.8 Å². The summed E-state index contributed by atoms with van der Waals surface area (Å²) in [7, 11) is -9.04. The summed E-state index contributed by atoms with van der Waals surface area (Å²) >= 11 is 0. The van der Waals surface area contributed by atoms with Crippen molar-refractivity contribution in [1.29, 1.82) is 0 Å². The Morgan fingerprint density at radius 1 is 0.528 bits per heavy atom. The van der Waals surface area contributed by atoms with E-state index in [4.69, 9.17) is 0 Å². The van der Waals surface area contributed by atoms with Gasteiger partial charge in [-0.25, -0.2) is 0 Å². The molecule has 0 saturated heterocycles. The van der Waals surface area contributed by atoms with Gasteiger partial charge in [-0.2, -0.15) is 16.8 Å². The van der Waals surface area contributed by atoms with Crippen molar-refractivity contribution in [3.8, 4) is 0 Å². The van der Waals surface area contributed by atoms with Gasteiger partial charge in [-0.05, 0) is 144 Å². The van der Waals surface area contributed by atoms with Crippen LogP contribution >= 0.6 is 0 Å². The zero-order valence-corrected chi connectivity index (χ0v) is 33.8. The van der Waals surface area contributed by atoms with E-state index in [1.165, 1.54) is 22.8 Å². The van der Waals surface area contributed by atoms with Gasteiger partial charge < -0.3 is 9.80 Å². The number of benzene rings is 5. The molecule has 0 aliphatic carbocycles. The van der Waals surface area contributed by atoms with Crippen molar-refractivity contribution in [2.45, 2.75) is 97.0 Å². The van der Waals surface area contributed by atoms with Crippen LogP contribution < -0.4 is 9.80 Å². The lowest BCUT2D eigenvalue weighted by Crippen LogP contribution is -2.28. The number of anilines is 4. The van der Waals surface area contributed by atoms with Crippen molar-refractivity contribution >= 4 is 43.0 Å². The van der Waals surface area contributed by atoms with Crippen LogP contribution in [-0.2, 0) is 20.2 Å². The van der Waals surface area contributed by atoms with E-state index in [2.05, 4.69) is 63.8 Å². The normalized spacial score (nSPS) is 12.7. The fraction of sp³-hybridized carbons (Fsp3) is 0.302. The van der Waals surface area contributed by atoms with Gasteiger partial charge in [0.2, 0.25) is 0 Å². The van der Waals surface area contributed by atoms with Crippen LogP contribution in [0.2, 0.25) is 0 Å². The molecule has 8 nitrogen and oxygen atoms in total. The van der Waals surface area contributed by atoms with Gasteiger partial charge in [0.15, 0.2) is 0 Å². The van der Waals surface area contributed by atoms with Crippen LogP contribution in [0.5, 0.6) is 0 Å². The number of hydrogen-bond donors (Lipinski definition) is 2. The van der Waals surface area contributed by atoms with Gasteiger partial charge in [0, 0.05) is 40.8 Å². The largest absolute Gasteiger partial charge is 0.338 e. The molecule has 0 heterocycles. The van der Waals surface area contributed by atoms with E-state index in [0.29, 0.717) is 22.4 Å². The van der Waals surface area contributed by atoms with E-state index in [1.807, 2.05) is 62.1 Å². The fourth-order valence-corrected chi connectivity index (χ4v) is 9.69. The fourth-order valence-electron chi connectivity index (χ4n) is 8.01. The van der Waals surface area contributed by atoms with Gasteiger partial charge in [0.25, 0.3) is 20.2 Å². The van der Waals surface area contributed by atoms with Crippen molar-refractivity contribution in [1.82, 2.24) is 0 Å². The van der Waals surface area contributed by atoms with Crippen molar-refractivity contribution in [2.75, 3.05) is 9.80 Å². The topological polar surface area (TPSA) is 115 Å². The van der Waals surface area contributed by atoms with Crippen LogP contribution in [0.4, 0.5) is 22.7 Å². The Labute approximate surface area is 315 Å². The van der Waals surface area contributed by atoms with E-state index < -0.39 is 26.2 Å². The lowest BCUT2D eigenvalue weighted by molar-refractivity contribution is 0.479. The molecule has 280 valence electrons. The average Bonchev–Trinajstić information content (AvgIpc) is 3.04. The van der Waals surface area contributed by atoms with Gasteiger partial charge in [-0.1, -0.05) is 66.2 Å². The second-order valence-electron chi connectivity index (χ2n) is 14.6. The summed E-state index contributed by atoms with van der Waals surface area (Å²) in [5.41, 5.74) is 11.0. The molecule has 0 bridgehead atoms. The molecular formula is C43H50N2O6S2. The van der Waals surface area contributed by atoms with Gasteiger partial charge in [-0.3, -0.25) is 9.11 Å². The summed E-state index contributed by atoms with van der Waals surface area (Å²) in [5.74, 6) is -0.562. The monoisotopic (exact) mass is 754 g/mol. The van der Waals surface area contributed by atoms with Crippen LogP contribution in [-0.4, -0.2) is 38.0 Å².